The Morgan fingerprint density at radius 1 is 0.846 bits per heavy atom. The quantitative estimate of drug-likeness (QED) is 0.566. The number of nitrogen functional groups attached to an aromatic ring is 2. The number of halogens is 3. The minimum atomic E-state index is -4.33. The maximum atomic E-state index is 12.6. The average molecular weight is 357 g/mol. The Kier molecular flexibility index (Phi) is 4.75. The van der Waals surface area contributed by atoms with Crippen molar-refractivity contribution in [3.63, 3.8) is 0 Å². The molecular formula is C20H18F3N3. The number of alkyl halides is 3. The summed E-state index contributed by atoms with van der Waals surface area (Å²) >= 11 is 0. The largest absolute Gasteiger partial charge is 0.416 e. The molecule has 6 heteroatoms. The van der Waals surface area contributed by atoms with Gasteiger partial charge in [0.15, 0.2) is 0 Å². The van der Waals surface area contributed by atoms with E-state index in [-0.39, 0.29) is 0 Å². The Balaban J connectivity index is 1.77. The normalized spacial score (nSPS) is 11.3. The smallest absolute Gasteiger partial charge is 0.399 e. The van der Waals surface area contributed by atoms with E-state index in [1.807, 2.05) is 36.4 Å². The van der Waals surface area contributed by atoms with Gasteiger partial charge in [-0.25, -0.2) is 0 Å². The van der Waals surface area contributed by atoms with E-state index in [0.29, 0.717) is 17.9 Å². The Morgan fingerprint density at radius 2 is 1.54 bits per heavy atom. The molecule has 0 saturated heterocycles. The van der Waals surface area contributed by atoms with Crippen LogP contribution in [-0.2, 0) is 12.7 Å². The standard InChI is InChI=1S/C20H18F3N3/c21-20(22,23)15-7-5-13(6-8-15)12-26-17-10-14(9-16(24)11-17)18-3-1-2-4-19(18)25/h1-11,26H,12,24-25H2. The number of anilines is 3. The zero-order chi connectivity index (χ0) is 18.7. The van der Waals surface area contributed by atoms with Crippen molar-refractivity contribution in [1.82, 2.24) is 0 Å². The molecule has 0 spiro atoms. The molecule has 0 heterocycles. The first-order valence-corrected chi connectivity index (χ1v) is 7.98. The lowest BCUT2D eigenvalue weighted by Crippen LogP contribution is -2.05. The Hall–Kier alpha value is -3.15. The highest BCUT2D eigenvalue weighted by atomic mass is 19.4. The highest BCUT2D eigenvalue weighted by molar-refractivity contribution is 5.80. The molecule has 0 aliphatic heterocycles. The summed E-state index contributed by atoms with van der Waals surface area (Å²) in [4.78, 5) is 0. The summed E-state index contributed by atoms with van der Waals surface area (Å²) in [5.74, 6) is 0. The predicted octanol–water partition coefficient (Wildman–Crippen LogP) is 5.15. The van der Waals surface area contributed by atoms with Crippen molar-refractivity contribution in [2.45, 2.75) is 12.7 Å². The molecule has 3 nitrogen and oxygen atoms in total. The molecule has 0 aliphatic rings. The highest BCUT2D eigenvalue weighted by Crippen LogP contribution is 2.31. The van der Waals surface area contributed by atoms with Gasteiger partial charge in [-0.1, -0.05) is 30.3 Å². The summed E-state index contributed by atoms with van der Waals surface area (Å²) in [5.41, 5.74) is 15.8. The molecule has 3 rings (SSSR count). The number of nitrogens with two attached hydrogens (primary N) is 2. The predicted molar refractivity (Wildman–Crippen MR) is 99.5 cm³/mol. The summed E-state index contributed by atoms with van der Waals surface area (Å²) < 4.78 is 37.8. The van der Waals surface area contributed by atoms with Crippen molar-refractivity contribution in [2.75, 3.05) is 16.8 Å². The monoisotopic (exact) mass is 357 g/mol. The molecule has 0 bridgehead atoms. The lowest BCUT2D eigenvalue weighted by Gasteiger charge is -2.12. The summed E-state index contributed by atoms with van der Waals surface area (Å²) in [5, 5.41) is 3.19. The highest BCUT2D eigenvalue weighted by Gasteiger charge is 2.29. The second kappa shape index (κ2) is 7.00. The summed E-state index contributed by atoms with van der Waals surface area (Å²) in [6.45, 7) is 0.380. The lowest BCUT2D eigenvalue weighted by molar-refractivity contribution is -0.137. The van der Waals surface area contributed by atoms with Crippen molar-refractivity contribution in [1.29, 1.82) is 0 Å². The van der Waals surface area contributed by atoms with Crippen LogP contribution >= 0.6 is 0 Å². The summed E-state index contributed by atoms with van der Waals surface area (Å²) in [6.07, 6.45) is -4.33. The molecule has 5 N–H and O–H groups in total. The Bertz CT molecular complexity index is 903. The van der Waals surface area contributed by atoms with E-state index in [1.54, 1.807) is 6.07 Å². The Labute approximate surface area is 149 Å². The molecule has 0 saturated carbocycles. The average Bonchev–Trinajstić information content (AvgIpc) is 2.59. The van der Waals surface area contributed by atoms with E-state index in [4.69, 9.17) is 11.5 Å². The first-order chi connectivity index (χ1) is 12.3. The lowest BCUT2D eigenvalue weighted by atomic mass is 10.0. The van der Waals surface area contributed by atoms with Gasteiger partial charge in [0.1, 0.15) is 0 Å². The van der Waals surface area contributed by atoms with Crippen molar-refractivity contribution >= 4 is 17.1 Å². The number of para-hydroxylation sites is 1. The summed E-state index contributed by atoms with van der Waals surface area (Å²) in [6, 6.07) is 18.0. The van der Waals surface area contributed by atoms with Gasteiger partial charge in [-0.3, -0.25) is 0 Å². The maximum Gasteiger partial charge on any atom is 0.416 e. The van der Waals surface area contributed by atoms with Crippen molar-refractivity contribution in [3.05, 3.63) is 77.9 Å². The van der Waals surface area contributed by atoms with Crippen LogP contribution in [0.5, 0.6) is 0 Å². The molecule has 0 atom stereocenters. The van der Waals surface area contributed by atoms with Gasteiger partial charge < -0.3 is 16.8 Å². The van der Waals surface area contributed by atoms with Gasteiger partial charge in [-0.15, -0.1) is 0 Å². The number of hydrogen-bond acceptors (Lipinski definition) is 3. The second-order valence-electron chi connectivity index (χ2n) is 5.98. The molecule has 26 heavy (non-hydrogen) atoms. The van der Waals surface area contributed by atoms with Crippen LogP contribution in [0.2, 0.25) is 0 Å². The van der Waals surface area contributed by atoms with Crippen LogP contribution < -0.4 is 16.8 Å². The minimum Gasteiger partial charge on any atom is -0.399 e. The third kappa shape index (κ3) is 4.08. The summed E-state index contributed by atoms with van der Waals surface area (Å²) in [7, 11) is 0. The van der Waals surface area contributed by atoms with Crippen molar-refractivity contribution in [3.8, 4) is 11.1 Å². The van der Waals surface area contributed by atoms with Gasteiger partial charge in [-0.05, 0) is 47.5 Å². The second-order valence-corrected chi connectivity index (χ2v) is 5.98. The molecular weight excluding hydrogens is 339 g/mol. The molecule has 0 unspecified atom stereocenters. The first-order valence-electron chi connectivity index (χ1n) is 7.98. The van der Waals surface area contributed by atoms with Crippen LogP contribution in [-0.4, -0.2) is 0 Å². The third-order valence-corrected chi connectivity index (χ3v) is 4.01. The van der Waals surface area contributed by atoms with E-state index in [9.17, 15) is 13.2 Å². The van der Waals surface area contributed by atoms with Crippen LogP contribution in [0.3, 0.4) is 0 Å². The van der Waals surface area contributed by atoms with Crippen molar-refractivity contribution < 1.29 is 13.2 Å². The fourth-order valence-corrected chi connectivity index (χ4v) is 2.68. The first kappa shape index (κ1) is 17.7. The topological polar surface area (TPSA) is 64.1 Å². The van der Waals surface area contributed by atoms with E-state index in [1.165, 1.54) is 12.1 Å². The fourth-order valence-electron chi connectivity index (χ4n) is 2.68. The molecule has 0 fully saturated rings. The van der Waals surface area contributed by atoms with E-state index >= 15 is 0 Å². The molecule has 0 amide bonds. The van der Waals surface area contributed by atoms with Gasteiger partial charge in [-0.2, -0.15) is 13.2 Å². The van der Waals surface area contributed by atoms with E-state index < -0.39 is 11.7 Å². The van der Waals surface area contributed by atoms with Gasteiger partial charge in [0.2, 0.25) is 0 Å². The zero-order valence-electron chi connectivity index (χ0n) is 13.8. The van der Waals surface area contributed by atoms with Crippen LogP contribution in [0.25, 0.3) is 11.1 Å². The van der Waals surface area contributed by atoms with E-state index in [2.05, 4.69) is 5.32 Å². The molecule has 134 valence electrons. The number of nitrogens with one attached hydrogen (secondary N) is 1. The SMILES string of the molecule is Nc1cc(NCc2ccc(C(F)(F)F)cc2)cc(-c2ccccc2N)c1. The van der Waals surface area contributed by atoms with Crippen LogP contribution in [0.4, 0.5) is 30.2 Å². The van der Waals surface area contributed by atoms with Gasteiger partial charge in [0.05, 0.1) is 5.56 Å². The zero-order valence-corrected chi connectivity index (χ0v) is 13.8. The number of rotatable bonds is 4. The molecule has 0 radical (unpaired) electrons. The number of hydrogen-bond donors (Lipinski definition) is 3. The van der Waals surface area contributed by atoms with Gasteiger partial charge >= 0.3 is 6.18 Å². The van der Waals surface area contributed by atoms with Crippen LogP contribution in [0.1, 0.15) is 11.1 Å². The third-order valence-electron chi connectivity index (χ3n) is 4.01. The van der Waals surface area contributed by atoms with E-state index in [0.717, 1.165) is 34.5 Å². The maximum absolute atomic E-state index is 12.6. The van der Waals surface area contributed by atoms with Crippen LogP contribution in [0.15, 0.2) is 66.7 Å². The Morgan fingerprint density at radius 3 is 2.19 bits per heavy atom. The molecule has 3 aromatic carbocycles. The molecule has 3 aromatic rings. The van der Waals surface area contributed by atoms with Crippen molar-refractivity contribution in [2.24, 2.45) is 0 Å². The minimum absolute atomic E-state index is 0.380. The van der Waals surface area contributed by atoms with Crippen LogP contribution in [0, 0.1) is 0 Å². The molecule has 0 aliphatic carbocycles. The van der Waals surface area contributed by atoms with Gasteiger partial charge in [0, 0.05) is 29.2 Å². The van der Waals surface area contributed by atoms with Gasteiger partial charge in [0.25, 0.3) is 0 Å². The number of benzene rings is 3. The molecule has 0 aromatic heterocycles. The fraction of sp³-hybridized carbons (Fsp3) is 0.100.